The van der Waals surface area contributed by atoms with Crippen LogP contribution in [0.25, 0.3) is 0 Å². The van der Waals surface area contributed by atoms with E-state index in [1.54, 1.807) is 0 Å². The van der Waals surface area contributed by atoms with Crippen LogP contribution in [0.1, 0.15) is 427 Å². The molecule has 0 bridgehead atoms. The molecule has 0 aromatic carbocycles. The van der Waals surface area contributed by atoms with Crippen molar-refractivity contribution in [2.45, 2.75) is 427 Å². The third-order valence-electron chi connectivity index (χ3n) is 17.5. The Balaban J connectivity index is -0.000000576. The zero-order valence-electron chi connectivity index (χ0n) is 58.3. The minimum Gasteiger partial charge on any atom is -0.411 e. The average molecular weight is 1340 g/mol. The predicted molar refractivity (Wildman–Crippen MR) is 406 cm³/mol. The quantitative estimate of drug-likeness (QED) is 0.0253. The molecule has 10 heteroatoms. The molecule has 0 aliphatic carbocycles. The number of hydrogen-bond acceptors (Lipinski definition) is 6. The van der Waals surface area contributed by atoms with Crippen molar-refractivity contribution in [2.24, 2.45) is 0 Å². The zero-order valence-corrected chi connectivity index (χ0v) is 64.3. The van der Waals surface area contributed by atoms with Gasteiger partial charge in [-0.05, 0) is 38.5 Å². The number of unbranched alkanes of at least 4 members (excludes halogenated alkanes) is 54. The molecule has 0 fully saturated rings. The maximum atomic E-state index is 5.30. The molecular formula is C75H150FeN3S6. The molecule has 0 N–H and O–H groups in total. The first-order valence-electron chi connectivity index (χ1n) is 38.0. The van der Waals surface area contributed by atoms with Gasteiger partial charge in [-0.15, -0.1) is 0 Å². The summed E-state index contributed by atoms with van der Waals surface area (Å²) in [4.78, 5) is 6.83. The molecule has 0 aliphatic rings. The molecule has 0 spiro atoms. The summed E-state index contributed by atoms with van der Waals surface area (Å²) < 4.78 is 2.06. The second-order valence-electron chi connectivity index (χ2n) is 25.9. The van der Waals surface area contributed by atoms with Gasteiger partial charge in [0, 0.05) is 39.3 Å². The van der Waals surface area contributed by atoms with E-state index in [4.69, 9.17) is 74.5 Å². The van der Waals surface area contributed by atoms with Crippen LogP contribution < -0.4 is 0 Å². The first-order valence-corrected chi connectivity index (χ1v) is 40.5. The van der Waals surface area contributed by atoms with Gasteiger partial charge in [0.15, 0.2) is 0 Å². The van der Waals surface area contributed by atoms with E-state index in [1.807, 2.05) is 0 Å². The van der Waals surface area contributed by atoms with Crippen molar-refractivity contribution in [2.75, 3.05) is 39.3 Å². The van der Waals surface area contributed by atoms with Crippen LogP contribution in [-0.4, -0.2) is 66.9 Å². The Morgan fingerprint density at radius 1 is 0.176 bits per heavy atom. The van der Waals surface area contributed by atoms with E-state index in [2.05, 4.69) is 56.2 Å². The molecule has 0 aromatic heterocycles. The molecule has 85 heavy (non-hydrogen) atoms. The number of nitrogens with zero attached hydrogens (tertiary/aromatic N) is 3. The zero-order chi connectivity index (χ0) is 62.1. The smallest absolute Gasteiger partial charge is 0.411 e. The molecule has 0 atom stereocenters. The monoisotopic (exact) mass is 1340 g/mol. The molecule has 0 saturated heterocycles. The van der Waals surface area contributed by atoms with Crippen LogP contribution in [0.15, 0.2) is 0 Å². The molecule has 0 saturated carbocycles. The topological polar surface area (TPSA) is 9.72 Å². The molecule has 0 rings (SSSR count). The molecule has 3 nitrogen and oxygen atoms in total. The van der Waals surface area contributed by atoms with E-state index < -0.39 is 0 Å². The standard InChI is InChI=1S/3C25H51NS2.Fe/c3*1-3-5-7-9-11-13-15-17-19-21-23-26(25(27)28)24-22-20-18-16-14-12-10-8-6-4-2;/h3*3-24H2,1-2H3,(H,27,28);/q;;;+3/p-3. The van der Waals surface area contributed by atoms with Gasteiger partial charge in [-0.1, -0.05) is 401 Å². The fourth-order valence-electron chi connectivity index (χ4n) is 11.6. The minimum absolute atomic E-state index is 0. The van der Waals surface area contributed by atoms with E-state index in [0.717, 1.165) is 39.3 Å². The second-order valence-corrected chi connectivity index (χ2v) is 28.9. The van der Waals surface area contributed by atoms with Crippen molar-refractivity contribution < 1.29 is 17.1 Å². The Hall–Kier alpha value is 0.849. The summed E-state index contributed by atoms with van der Waals surface area (Å²) in [6, 6.07) is 0. The van der Waals surface area contributed by atoms with E-state index >= 15 is 0 Å². The maximum Gasteiger partial charge on any atom is 3.00 e. The Kier molecular flexibility index (Phi) is 89.9. The van der Waals surface area contributed by atoms with Crippen molar-refractivity contribution in [3.8, 4) is 0 Å². The summed E-state index contributed by atoms with van der Waals surface area (Å²) in [7, 11) is 0. The van der Waals surface area contributed by atoms with Gasteiger partial charge in [-0.3, -0.25) is 0 Å². The third kappa shape index (κ3) is 80.9. The molecule has 0 unspecified atom stereocenters. The normalized spacial score (nSPS) is 10.9. The second kappa shape index (κ2) is 82.9. The summed E-state index contributed by atoms with van der Waals surface area (Å²) in [6.07, 6.45) is 83.1. The predicted octanol–water partition coefficient (Wildman–Crippen LogP) is 26.9. The molecule has 0 aromatic rings. The van der Waals surface area contributed by atoms with Crippen molar-refractivity contribution in [1.82, 2.24) is 14.7 Å². The van der Waals surface area contributed by atoms with Crippen molar-refractivity contribution in [1.29, 1.82) is 0 Å². The van der Waals surface area contributed by atoms with Crippen LogP contribution in [0.4, 0.5) is 0 Å². The molecule has 0 amide bonds. The van der Waals surface area contributed by atoms with Crippen LogP contribution in [0.2, 0.25) is 0 Å². The van der Waals surface area contributed by atoms with E-state index in [9.17, 15) is 0 Å². The third-order valence-corrected chi connectivity index (χ3v) is 19.0. The molecule has 0 aliphatic heterocycles. The van der Waals surface area contributed by atoms with Crippen molar-refractivity contribution >= 4 is 87.5 Å². The minimum atomic E-state index is 0. The van der Waals surface area contributed by atoms with Gasteiger partial charge in [0.25, 0.3) is 0 Å². The fraction of sp³-hybridized carbons (Fsp3) is 0.960. The number of hydrogen-bond donors (Lipinski definition) is 0. The molecule has 1 radical (unpaired) electrons. The fourth-order valence-corrected chi connectivity index (χ4v) is 12.7. The summed E-state index contributed by atoms with van der Waals surface area (Å²) >= 11 is 31.8. The Morgan fingerprint density at radius 3 is 0.341 bits per heavy atom. The van der Waals surface area contributed by atoms with Crippen LogP contribution >= 0.6 is 36.7 Å². The first-order chi connectivity index (χ1) is 41.2. The van der Waals surface area contributed by atoms with Gasteiger partial charge < -0.3 is 89.2 Å². The van der Waals surface area contributed by atoms with Gasteiger partial charge in [-0.25, -0.2) is 0 Å². The number of thiocarbonyl (C=S) groups is 3. The van der Waals surface area contributed by atoms with Crippen LogP contribution in [0.3, 0.4) is 0 Å². The van der Waals surface area contributed by atoms with Gasteiger partial charge in [-0.2, -0.15) is 0 Å². The van der Waals surface area contributed by atoms with Crippen molar-refractivity contribution in [3.63, 3.8) is 0 Å². The van der Waals surface area contributed by atoms with Gasteiger partial charge in [0.2, 0.25) is 0 Å². The van der Waals surface area contributed by atoms with Crippen LogP contribution in [-0.2, 0) is 55.0 Å². The molecule has 0 heterocycles. The molecule has 509 valence electrons. The van der Waals surface area contributed by atoms with Crippen LogP contribution in [0, 0.1) is 0 Å². The Bertz CT molecular complexity index is 1040. The van der Waals surface area contributed by atoms with E-state index in [1.165, 1.54) is 385 Å². The Morgan fingerprint density at radius 2 is 0.259 bits per heavy atom. The molecular weight excluding hydrogens is 1190 g/mol. The summed E-state index contributed by atoms with van der Waals surface area (Å²) in [6.45, 7) is 20.2. The average Bonchev–Trinajstić information content (AvgIpc) is 3.50. The SMILES string of the molecule is CCCCCCCCCCCCN(CCCCCCCCCCCC)C(=S)[S-].CCCCCCCCCCCCN(CCCCCCCCCCCC)C(=S)[S-].CCCCCCCCCCCCN(CCCCCCCCCCCC)C(=S)[S-].[Fe+3]. The van der Waals surface area contributed by atoms with Crippen LogP contribution in [0.5, 0.6) is 0 Å². The van der Waals surface area contributed by atoms with Gasteiger partial charge in [0.05, 0.1) is 0 Å². The Labute approximate surface area is 580 Å². The maximum absolute atomic E-state index is 5.30. The van der Waals surface area contributed by atoms with E-state index in [-0.39, 0.29) is 17.1 Å². The van der Waals surface area contributed by atoms with Gasteiger partial charge >= 0.3 is 17.1 Å². The summed E-state index contributed by atoms with van der Waals surface area (Å²) in [5.41, 5.74) is 0. The van der Waals surface area contributed by atoms with Crippen molar-refractivity contribution in [3.05, 3.63) is 0 Å². The summed E-state index contributed by atoms with van der Waals surface area (Å²) in [5, 5.41) is 0. The van der Waals surface area contributed by atoms with E-state index in [0.29, 0.717) is 13.0 Å². The number of rotatable bonds is 66. The largest absolute Gasteiger partial charge is 3.00 e. The van der Waals surface area contributed by atoms with Gasteiger partial charge in [0.1, 0.15) is 0 Å². The first kappa shape index (κ1) is 92.3. The summed E-state index contributed by atoms with van der Waals surface area (Å²) in [5.74, 6) is 0.